The molecule has 0 aliphatic heterocycles. The molecule has 0 radical (unpaired) electrons. The van der Waals surface area contributed by atoms with Crippen molar-refractivity contribution in [2.45, 2.75) is 25.3 Å². The summed E-state index contributed by atoms with van der Waals surface area (Å²) in [5.41, 5.74) is 1.22. The Balaban J connectivity index is 2.28. The fourth-order valence-corrected chi connectivity index (χ4v) is 2.96. The molecule has 0 saturated carbocycles. The summed E-state index contributed by atoms with van der Waals surface area (Å²) in [6.07, 6.45) is 6.87. The average molecular weight is 376 g/mol. The van der Waals surface area contributed by atoms with Crippen molar-refractivity contribution in [3.63, 3.8) is 0 Å². The topological polar surface area (TPSA) is 38.7 Å². The highest BCUT2D eigenvalue weighted by Crippen LogP contribution is 2.35. The van der Waals surface area contributed by atoms with E-state index in [1.54, 1.807) is 25.3 Å². The van der Waals surface area contributed by atoms with E-state index in [1.165, 1.54) is 0 Å². The predicted octanol–water partition coefficient (Wildman–Crippen LogP) is 6.05. The maximum absolute atomic E-state index is 11.0. The highest BCUT2D eigenvalue weighted by molar-refractivity contribution is 6.42. The number of aliphatic imine (C=N–C) groups is 1. The highest BCUT2D eigenvalue weighted by atomic mass is 35.5. The summed E-state index contributed by atoms with van der Waals surface area (Å²) >= 11 is 12.0. The first kappa shape index (κ1) is 19.3. The van der Waals surface area contributed by atoms with Crippen LogP contribution in [0.2, 0.25) is 10.0 Å². The normalized spacial score (nSPS) is 13.3. The number of nitrogens with zero attached hydrogens (tertiary/aromatic N) is 1. The number of rotatable bonds is 7. The summed E-state index contributed by atoms with van der Waals surface area (Å²) in [4.78, 5) is 15.1. The summed E-state index contributed by atoms with van der Waals surface area (Å²) < 4.78 is 5.19. The van der Waals surface area contributed by atoms with E-state index in [9.17, 15) is 4.79 Å². The number of ether oxygens (including phenoxy) is 1. The lowest BCUT2D eigenvalue weighted by molar-refractivity contribution is 0.410. The van der Waals surface area contributed by atoms with Crippen molar-refractivity contribution in [1.82, 2.24) is 0 Å². The summed E-state index contributed by atoms with van der Waals surface area (Å²) in [5.74, 6) is 0.759. The lowest BCUT2D eigenvalue weighted by Crippen LogP contribution is -2.21. The molecule has 1 atom stereocenters. The van der Waals surface area contributed by atoms with E-state index < -0.39 is 5.54 Å². The van der Waals surface area contributed by atoms with Gasteiger partial charge in [-0.3, -0.25) is 0 Å². The zero-order valence-electron chi connectivity index (χ0n) is 14.1. The largest absolute Gasteiger partial charge is 0.497 e. The van der Waals surface area contributed by atoms with Gasteiger partial charge in [-0.1, -0.05) is 60.5 Å². The minimum absolute atomic E-state index is 0.506. The van der Waals surface area contributed by atoms with Gasteiger partial charge in [-0.2, -0.15) is 4.99 Å². The SMILES string of the molecule is CCC(CC=Cc1ccc(Cl)c(Cl)c1)(N=C=O)c1ccc(OC)cc1. The second kappa shape index (κ2) is 8.87. The van der Waals surface area contributed by atoms with Crippen molar-refractivity contribution in [3.05, 3.63) is 69.7 Å². The van der Waals surface area contributed by atoms with Gasteiger partial charge in [0.25, 0.3) is 0 Å². The van der Waals surface area contributed by atoms with E-state index in [0.717, 1.165) is 16.9 Å². The van der Waals surface area contributed by atoms with Gasteiger partial charge >= 0.3 is 0 Å². The Morgan fingerprint density at radius 2 is 1.88 bits per heavy atom. The molecule has 2 rings (SSSR count). The van der Waals surface area contributed by atoms with Crippen LogP contribution in [-0.2, 0) is 10.3 Å². The number of carbonyl (C=O) groups excluding carboxylic acids is 1. The Hall–Kier alpha value is -2.06. The molecule has 0 aromatic heterocycles. The second-order valence-electron chi connectivity index (χ2n) is 5.60. The van der Waals surface area contributed by atoms with Gasteiger partial charge < -0.3 is 4.74 Å². The quantitative estimate of drug-likeness (QED) is 0.436. The van der Waals surface area contributed by atoms with Crippen molar-refractivity contribution in [3.8, 4) is 5.75 Å². The summed E-state index contributed by atoms with van der Waals surface area (Å²) in [6.45, 7) is 2.00. The van der Waals surface area contributed by atoms with Gasteiger partial charge in [-0.15, -0.1) is 0 Å². The van der Waals surface area contributed by atoms with Gasteiger partial charge in [0.05, 0.1) is 17.2 Å². The molecule has 0 aliphatic rings. The van der Waals surface area contributed by atoms with Crippen LogP contribution in [0.25, 0.3) is 6.08 Å². The van der Waals surface area contributed by atoms with Crippen LogP contribution in [0.3, 0.4) is 0 Å². The Morgan fingerprint density at radius 1 is 1.16 bits per heavy atom. The molecule has 0 saturated heterocycles. The molecule has 0 N–H and O–H groups in total. The lowest BCUT2D eigenvalue weighted by Gasteiger charge is -2.26. The molecule has 130 valence electrons. The number of hydrogen-bond donors (Lipinski definition) is 0. The molecule has 0 aliphatic carbocycles. The lowest BCUT2D eigenvalue weighted by atomic mass is 9.84. The van der Waals surface area contributed by atoms with E-state index in [4.69, 9.17) is 27.9 Å². The number of benzene rings is 2. The van der Waals surface area contributed by atoms with E-state index in [1.807, 2.05) is 49.4 Å². The van der Waals surface area contributed by atoms with Crippen LogP contribution in [0, 0.1) is 0 Å². The van der Waals surface area contributed by atoms with Crippen LogP contribution in [0.15, 0.2) is 53.5 Å². The third-order valence-corrected chi connectivity index (χ3v) is 4.92. The van der Waals surface area contributed by atoms with Gasteiger partial charge in [0.15, 0.2) is 0 Å². The van der Waals surface area contributed by atoms with E-state index in [2.05, 4.69) is 4.99 Å². The first-order chi connectivity index (χ1) is 12.0. The van der Waals surface area contributed by atoms with Crippen LogP contribution < -0.4 is 4.74 Å². The number of methoxy groups -OCH3 is 1. The fourth-order valence-electron chi connectivity index (χ4n) is 2.65. The van der Waals surface area contributed by atoms with E-state index in [0.29, 0.717) is 22.9 Å². The molecule has 0 bridgehead atoms. The molecule has 0 fully saturated rings. The molecule has 0 heterocycles. The number of halogens is 2. The van der Waals surface area contributed by atoms with Gasteiger partial charge in [0.2, 0.25) is 6.08 Å². The van der Waals surface area contributed by atoms with E-state index in [-0.39, 0.29) is 0 Å². The van der Waals surface area contributed by atoms with Gasteiger partial charge in [-0.05, 0) is 48.2 Å². The fraction of sp³-hybridized carbons (Fsp3) is 0.250. The van der Waals surface area contributed by atoms with Crippen LogP contribution in [0.1, 0.15) is 30.9 Å². The summed E-state index contributed by atoms with van der Waals surface area (Å²) in [6, 6.07) is 13.0. The van der Waals surface area contributed by atoms with Gasteiger partial charge in [-0.25, -0.2) is 4.79 Å². The van der Waals surface area contributed by atoms with Crippen LogP contribution in [0.4, 0.5) is 0 Å². The van der Waals surface area contributed by atoms with Crippen molar-refractivity contribution in [2.75, 3.05) is 7.11 Å². The van der Waals surface area contributed by atoms with Crippen molar-refractivity contribution in [2.24, 2.45) is 4.99 Å². The molecular weight excluding hydrogens is 357 g/mol. The first-order valence-electron chi connectivity index (χ1n) is 7.90. The number of isocyanates is 1. The van der Waals surface area contributed by atoms with Gasteiger partial charge in [0.1, 0.15) is 11.3 Å². The maximum atomic E-state index is 11.0. The predicted molar refractivity (Wildman–Crippen MR) is 103 cm³/mol. The Bertz CT molecular complexity index is 796. The van der Waals surface area contributed by atoms with Crippen LogP contribution >= 0.6 is 23.2 Å². The Kier molecular flexibility index (Phi) is 6.83. The average Bonchev–Trinajstić information content (AvgIpc) is 2.64. The minimum Gasteiger partial charge on any atom is -0.497 e. The molecule has 0 spiro atoms. The third kappa shape index (κ3) is 4.73. The number of hydrogen-bond acceptors (Lipinski definition) is 3. The molecular formula is C20H19Cl2NO2. The Labute approximate surface area is 157 Å². The summed E-state index contributed by atoms with van der Waals surface area (Å²) in [7, 11) is 1.62. The second-order valence-corrected chi connectivity index (χ2v) is 6.41. The smallest absolute Gasteiger partial charge is 0.235 e. The first-order valence-corrected chi connectivity index (χ1v) is 8.65. The molecule has 2 aromatic rings. The molecule has 3 nitrogen and oxygen atoms in total. The third-order valence-electron chi connectivity index (χ3n) is 4.18. The van der Waals surface area contributed by atoms with Crippen molar-refractivity contribution in [1.29, 1.82) is 0 Å². The molecule has 0 amide bonds. The zero-order chi connectivity index (χ0) is 18.3. The Morgan fingerprint density at radius 3 is 2.44 bits per heavy atom. The van der Waals surface area contributed by atoms with E-state index >= 15 is 0 Å². The van der Waals surface area contributed by atoms with Crippen LogP contribution in [-0.4, -0.2) is 13.2 Å². The van der Waals surface area contributed by atoms with Crippen molar-refractivity contribution >= 4 is 35.4 Å². The van der Waals surface area contributed by atoms with Gasteiger partial charge in [0, 0.05) is 0 Å². The molecule has 5 heteroatoms. The highest BCUT2D eigenvalue weighted by Gasteiger charge is 2.28. The van der Waals surface area contributed by atoms with Crippen LogP contribution in [0.5, 0.6) is 5.75 Å². The maximum Gasteiger partial charge on any atom is 0.235 e. The molecule has 1 unspecified atom stereocenters. The standard InChI is InChI=1S/C20H19Cl2NO2/c1-3-20(23-14-24,16-7-9-17(25-2)10-8-16)12-4-5-15-6-11-18(21)19(22)13-15/h4-11,13H,3,12H2,1-2H3. The summed E-state index contributed by atoms with van der Waals surface area (Å²) in [5, 5.41) is 1.03. The minimum atomic E-state index is -0.652. The molecule has 2 aromatic carbocycles. The zero-order valence-corrected chi connectivity index (χ0v) is 15.6. The monoisotopic (exact) mass is 375 g/mol. The molecule has 25 heavy (non-hydrogen) atoms. The van der Waals surface area contributed by atoms with Crippen molar-refractivity contribution < 1.29 is 9.53 Å².